The molecule has 7 nitrogen and oxygen atoms in total. The van der Waals surface area contributed by atoms with Crippen molar-refractivity contribution in [3.63, 3.8) is 0 Å². The van der Waals surface area contributed by atoms with Crippen LogP contribution in [0.4, 0.5) is 0 Å². The first-order chi connectivity index (χ1) is 13.2. The number of rotatable bonds is 5. The lowest BCUT2D eigenvalue weighted by molar-refractivity contribution is -0.150. The zero-order valence-corrected chi connectivity index (χ0v) is 16.4. The zero-order valence-electron chi connectivity index (χ0n) is 16.4. The van der Waals surface area contributed by atoms with Crippen molar-refractivity contribution in [2.24, 2.45) is 23.2 Å². The van der Waals surface area contributed by atoms with Gasteiger partial charge in [-0.05, 0) is 24.8 Å². The average Bonchev–Trinajstić information content (AvgIpc) is 2.81. The van der Waals surface area contributed by atoms with Crippen molar-refractivity contribution >= 4 is 17.9 Å². The van der Waals surface area contributed by atoms with Crippen molar-refractivity contribution in [2.75, 3.05) is 13.2 Å². The Morgan fingerprint density at radius 2 is 2.11 bits per heavy atom. The van der Waals surface area contributed by atoms with Gasteiger partial charge in [-0.3, -0.25) is 9.59 Å². The third kappa shape index (κ3) is 3.84. The number of esters is 3. The van der Waals surface area contributed by atoms with Crippen LogP contribution in [-0.2, 0) is 33.3 Å². The maximum Gasteiger partial charge on any atom is 0.334 e. The molecule has 0 radical (unpaired) electrons. The second-order valence-corrected chi connectivity index (χ2v) is 7.98. The molecule has 152 valence electrons. The molecular formula is C21H26O7. The van der Waals surface area contributed by atoms with E-state index in [4.69, 9.17) is 18.9 Å². The van der Waals surface area contributed by atoms with Crippen molar-refractivity contribution in [1.82, 2.24) is 0 Å². The average molecular weight is 390 g/mol. The summed E-state index contributed by atoms with van der Waals surface area (Å²) in [7, 11) is 0. The van der Waals surface area contributed by atoms with Crippen molar-refractivity contribution in [2.45, 2.75) is 39.7 Å². The summed E-state index contributed by atoms with van der Waals surface area (Å²) >= 11 is 0. The summed E-state index contributed by atoms with van der Waals surface area (Å²) < 4.78 is 21.8. The van der Waals surface area contributed by atoms with E-state index in [2.05, 4.69) is 6.58 Å². The molecule has 1 saturated carbocycles. The van der Waals surface area contributed by atoms with Crippen LogP contribution in [-0.4, -0.2) is 37.2 Å². The van der Waals surface area contributed by atoms with Crippen LogP contribution in [0.2, 0.25) is 0 Å². The first-order valence-corrected chi connectivity index (χ1v) is 9.45. The standard InChI is InChI=1S/C21H26O7/c1-12(2)19(23)26-10-15-9-25-6-5-21(11-27-14(4)22)8-18-16(7-17(15)21)13(3)20(24)28-18/h5-6,9,12,16-18H,3,7-8,10-11H2,1-2,4H3/t16?,17?,18-,21+/m0/s1. The third-order valence-corrected chi connectivity index (χ3v) is 5.72. The molecule has 7 heteroatoms. The first-order valence-electron chi connectivity index (χ1n) is 9.45. The van der Waals surface area contributed by atoms with Gasteiger partial charge in [-0.15, -0.1) is 0 Å². The van der Waals surface area contributed by atoms with Crippen LogP contribution in [0.3, 0.4) is 0 Å². The van der Waals surface area contributed by atoms with Crippen LogP contribution in [0.5, 0.6) is 0 Å². The van der Waals surface area contributed by atoms with Gasteiger partial charge >= 0.3 is 17.9 Å². The molecule has 0 amide bonds. The van der Waals surface area contributed by atoms with Crippen molar-refractivity contribution in [3.05, 3.63) is 36.3 Å². The van der Waals surface area contributed by atoms with Gasteiger partial charge in [0, 0.05) is 29.4 Å². The Balaban J connectivity index is 1.90. The molecule has 0 aromatic carbocycles. The SMILES string of the molecule is C=C1C(=O)O[C@H]2C[C@@]3(COC(C)=O)C=COC=C(COC(=O)C(C)C)C3CC12. The monoisotopic (exact) mass is 390 g/mol. The molecule has 1 saturated heterocycles. The summed E-state index contributed by atoms with van der Waals surface area (Å²) in [5, 5.41) is 0. The van der Waals surface area contributed by atoms with Gasteiger partial charge in [-0.1, -0.05) is 20.4 Å². The Labute approximate surface area is 164 Å². The summed E-state index contributed by atoms with van der Waals surface area (Å²) in [6.45, 7) is 8.97. The molecule has 0 N–H and O–H groups in total. The largest absolute Gasteiger partial charge is 0.473 e. The smallest absolute Gasteiger partial charge is 0.334 e. The Morgan fingerprint density at radius 3 is 2.79 bits per heavy atom. The normalized spacial score (nSPS) is 31.1. The van der Waals surface area contributed by atoms with Crippen molar-refractivity contribution in [3.8, 4) is 0 Å². The van der Waals surface area contributed by atoms with Crippen LogP contribution in [0.1, 0.15) is 33.6 Å². The van der Waals surface area contributed by atoms with E-state index in [0.717, 1.165) is 5.57 Å². The lowest BCUT2D eigenvalue weighted by atomic mass is 9.60. The van der Waals surface area contributed by atoms with Gasteiger partial charge in [0.15, 0.2) is 0 Å². The molecule has 28 heavy (non-hydrogen) atoms. The predicted octanol–water partition coefficient (Wildman–Crippen LogP) is 2.67. The fourth-order valence-corrected chi connectivity index (χ4v) is 4.14. The molecule has 2 aliphatic heterocycles. The Hall–Kier alpha value is -2.57. The van der Waals surface area contributed by atoms with E-state index in [9.17, 15) is 14.4 Å². The maximum absolute atomic E-state index is 12.0. The molecule has 2 fully saturated rings. The summed E-state index contributed by atoms with van der Waals surface area (Å²) in [5.74, 6) is -1.60. The van der Waals surface area contributed by atoms with E-state index < -0.39 is 11.4 Å². The fraction of sp³-hybridized carbons (Fsp3) is 0.571. The van der Waals surface area contributed by atoms with Crippen molar-refractivity contribution < 1.29 is 33.3 Å². The van der Waals surface area contributed by atoms with Crippen LogP contribution in [0.15, 0.2) is 36.3 Å². The van der Waals surface area contributed by atoms with E-state index >= 15 is 0 Å². The van der Waals surface area contributed by atoms with Gasteiger partial charge in [0.2, 0.25) is 0 Å². The topological polar surface area (TPSA) is 88.1 Å². The van der Waals surface area contributed by atoms with E-state index in [1.54, 1.807) is 26.4 Å². The quantitative estimate of drug-likeness (QED) is 0.405. The second kappa shape index (κ2) is 7.81. The van der Waals surface area contributed by atoms with Crippen LogP contribution >= 0.6 is 0 Å². The van der Waals surface area contributed by atoms with Gasteiger partial charge in [-0.2, -0.15) is 0 Å². The number of ether oxygens (including phenoxy) is 4. The summed E-state index contributed by atoms with van der Waals surface area (Å²) in [5.41, 5.74) is 0.611. The number of hydrogen-bond acceptors (Lipinski definition) is 7. The fourth-order valence-electron chi connectivity index (χ4n) is 4.14. The zero-order chi connectivity index (χ0) is 20.5. The molecule has 0 bridgehead atoms. The molecule has 1 aliphatic carbocycles. The minimum Gasteiger partial charge on any atom is -0.473 e. The molecule has 0 spiro atoms. The number of carbonyl (C=O) groups is 3. The summed E-state index contributed by atoms with van der Waals surface area (Å²) in [6.07, 6.45) is 5.68. The van der Waals surface area contributed by atoms with E-state index in [1.807, 2.05) is 6.08 Å². The number of fused-ring (bicyclic) bond motifs is 2. The van der Waals surface area contributed by atoms with E-state index in [0.29, 0.717) is 18.4 Å². The lowest BCUT2D eigenvalue weighted by Gasteiger charge is -2.45. The highest BCUT2D eigenvalue weighted by Gasteiger charge is 2.54. The third-order valence-electron chi connectivity index (χ3n) is 5.72. The van der Waals surface area contributed by atoms with Gasteiger partial charge in [0.05, 0.1) is 18.4 Å². The molecule has 2 unspecified atom stereocenters. The van der Waals surface area contributed by atoms with E-state index in [1.165, 1.54) is 6.92 Å². The Morgan fingerprint density at radius 1 is 1.36 bits per heavy atom. The van der Waals surface area contributed by atoms with E-state index in [-0.39, 0.29) is 49.0 Å². The summed E-state index contributed by atoms with van der Waals surface area (Å²) in [4.78, 5) is 35.5. The minimum atomic E-state index is -0.621. The second-order valence-electron chi connectivity index (χ2n) is 7.98. The van der Waals surface area contributed by atoms with Crippen molar-refractivity contribution in [1.29, 1.82) is 0 Å². The van der Waals surface area contributed by atoms with Gasteiger partial charge in [0.25, 0.3) is 0 Å². The number of carbonyl (C=O) groups excluding carboxylic acids is 3. The molecule has 3 aliphatic rings. The van der Waals surface area contributed by atoms with Crippen LogP contribution < -0.4 is 0 Å². The Kier molecular flexibility index (Phi) is 5.63. The molecule has 0 aromatic heterocycles. The molecule has 3 rings (SSSR count). The van der Waals surface area contributed by atoms with Crippen LogP contribution in [0.25, 0.3) is 0 Å². The highest BCUT2D eigenvalue weighted by Crippen LogP contribution is 2.53. The van der Waals surface area contributed by atoms with Gasteiger partial charge in [-0.25, -0.2) is 4.79 Å². The molecule has 2 heterocycles. The van der Waals surface area contributed by atoms with Gasteiger partial charge in [0.1, 0.15) is 19.3 Å². The lowest BCUT2D eigenvalue weighted by Crippen LogP contribution is -2.46. The molecule has 4 atom stereocenters. The maximum atomic E-state index is 12.0. The summed E-state index contributed by atoms with van der Waals surface area (Å²) in [6, 6.07) is 0. The minimum absolute atomic E-state index is 0.0733. The highest BCUT2D eigenvalue weighted by molar-refractivity contribution is 5.90. The van der Waals surface area contributed by atoms with Gasteiger partial charge < -0.3 is 18.9 Å². The number of hydrogen-bond donors (Lipinski definition) is 0. The molecule has 0 aromatic rings. The molecular weight excluding hydrogens is 364 g/mol. The Bertz CT molecular complexity index is 748. The highest BCUT2D eigenvalue weighted by atomic mass is 16.6. The predicted molar refractivity (Wildman–Crippen MR) is 98.4 cm³/mol. The first kappa shape index (κ1) is 20.2. The van der Waals surface area contributed by atoms with Crippen LogP contribution in [0, 0.1) is 23.2 Å².